The fourth-order valence-corrected chi connectivity index (χ4v) is 3.59. The van der Waals surface area contributed by atoms with Gasteiger partial charge < -0.3 is 14.2 Å². The highest BCUT2D eigenvalue weighted by molar-refractivity contribution is 5.89. The van der Waals surface area contributed by atoms with E-state index in [9.17, 15) is 4.79 Å². The van der Waals surface area contributed by atoms with Gasteiger partial charge in [0.2, 0.25) is 0 Å². The first-order valence-corrected chi connectivity index (χ1v) is 9.84. The molecule has 1 unspecified atom stereocenters. The van der Waals surface area contributed by atoms with Crippen LogP contribution in [0.2, 0.25) is 0 Å². The normalized spacial score (nSPS) is 17.7. The average Bonchev–Trinajstić information content (AvgIpc) is 3.16. The van der Waals surface area contributed by atoms with Crippen LogP contribution in [0.3, 0.4) is 0 Å². The first-order valence-electron chi connectivity index (χ1n) is 9.84. The van der Waals surface area contributed by atoms with Crippen LogP contribution in [0.25, 0.3) is 0 Å². The standard InChI is InChI=1S/C25H24O4/c26-24(22-14-8-3-9-15-22)27-18-23-19-28-25(29-23,16-20-10-4-1-5-11-20)17-21-12-6-2-7-13-21/h1-15,23H,16-19H2. The molecule has 1 heterocycles. The minimum absolute atomic E-state index is 0.166. The number of benzene rings is 3. The van der Waals surface area contributed by atoms with E-state index in [0.29, 0.717) is 25.0 Å². The SMILES string of the molecule is O=C(OCC1COC(Cc2ccccc2)(Cc2ccccc2)O1)c1ccccc1. The van der Waals surface area contributed by atoms with Gasteiger partial charge in [-0.2, -0.15) is 0 Å². The molecule has 0 spiro atoms. The smallest absolute Gasteiger partial charge is 0.338 e. The highest BCUT2D eigenvalue weighted by Gasteiger charge is 2.42. The summed E-state index contributed by atoms with van der Waals surface area (Å²) in [6.07, 6.45) is 0.965. The van der Waals surface area contributed by atoms with E-state index < -0.39 is 5.79 Å². The van der Waals surface area contributed by atoms with Gasteiger partial charge >= 0.3 is 5.97 Å². The Morgan fingerprint density at radius 3 is 1.90 bits per heavy atom. The number of carbonyl (C=O) groups is 1. The third-order valence-corrected chi connectivity index (χ3v) is 4.96. The third kappa shape index (κ3) is 5.11. The maximum Gasteiger partial charge on any atom is 0.338 e. The van der Waals surface area contributed by atoms with E-state index in [4.69, 9.17) is 14.2 Å². The fourth-order valence-electron chi connectivity index (χ4n) is 3.59. The molecule has 4 nitrogen and oxygen atoms in total. The summed E-state index contributed by atoms with van der Waals surface area (Å²) in [7, 11) is 0. The summed E-state index contributed by atoms with van der Waals surface area (Å²) in [6, 6.07) is 29.3. The second kappa shape index (κ2) is 9.03. The van der Waals surface area contributed by atoms with Crippen molar-refractivity contribution in [2.45, 2.75) is 24.7 Å². The zero-order valence-corrected chi connectivity index (χ0v) is 16.2. The molecule has 0 N–H and O–H groups in total. The molecule has 0 amide bonds. The van der Waals surface area contributed by atoms with Crippen molar-refractivity contribution in [3.05, 3.63) is 108 Å². The lowest BCUT2D eigenvalue weighted by Crippen LogP contribution is -2.37. The molecular formula is C25H24O4. The van der Waals surface area contributed by atoms with Gasteiger partial charge in [-0.1, -0.05) is 78.9 Å². The minimum Gasteiger partial charge on any atom is -0.459 e. The summed E-state index contributed by atoms with van der Waals surface area (Å²) >= 11 is 0. The Morgan fingerprint density at radius 2 is 1.34 bits per heavy atom. The van der Waals surface area contributed by atoms with E-state index in [1.807, 2.05) is 54.6 Å². The second-order valence-electron chi connectivity index (χ2n) is 7.25. The monoisotopic (exact) mass is 388 g/mol. The molecule has 148 valence electrons. The number of carbonyl (C=O) groups excluding carboxylic acids is 1. The number of hydrogen-bond donors (Lipinski definition) is 0. The molecule has 0 aliphatic carbocycles. The van der Waals surface area contributed by atoms with E-state index in [0.717, 1.165) is 11.1 Å². The van der Waals surface area contributed by atoms with Crippen molar-refractivity contribution in [3.63, 3.8) is 0 Å². The third-order valence-electron chi connectivity index (χ3n) is 4.96. The van der Waals surface area contributed by atoms with Crippen LogP contribution in [0.1, 0.15) is 21.5 Å². The predicted octanol–water partition coefficient (Wildman–Crippen LogP) is 4.44. The van der Waals surface area contributed by atoms with Gasteiger partial charge in [-0.25, -0.2) is 4.79 Å². The Hall–Kier alpha value is -2.95. The summed E-state index contributed by atoms with van der Waals surface area (Å²) in [4.78, 5) is 12.2. The van der Waals surface area contributed by atoms with Crippen LogP contribution >= 0.6 is 0 Å². The minimum atomic E-state index is -0.771. The highest BCUT2D eigenvalue weighted by Crippen LogP contribution is 2.32. The van der Waals surface area contributed by atoms with Crippen molar-refractivity contribution < 1.29 is 19.0 Å². The Balaban J connectivity index is 1.44. The van der Waals surface area contributed by atoms with Gasteiger partial charge in [0.1, 0.15) is 12.7 Å². The van der Waals surface area contributed by atoms with Gasteiger partial charge in [0, 0.05) is 12.8 Å². The van der Waals surface area contributed by atoms with Crippen LogP contribution in [-0.2, 0) is 27.1 Å². The predicted molar refractivity (Wildman–Crippen MR) is 111 cm³/mol. The molecule has 0 radical (unpaired) electrons. The number of rotatable bonds is 7. The van der Waals surface area contributed by atoms with Gasteiger partial charge in [-0.3, -0.25) is 0 Å². The largest absolute Gasteiger partial charge is 0.459 e. The molecule has 4 heteroatoms. The molecule has 0 saturated carbocycles. The highest BCUT2D eigenvalue weighted by atomic mass is 16.8. The molecule has 1 fully saturated rings. The summed E-state index contributed by atoms with van der Waals surface area (Å²) < 4.78 is 18.0. The van der Waals surface area contributed by atoms with E-state index >= 15 is 0 Å². The first-order chi connectivity index (χ1) is 14.2. The molecule has 4 rings (SSSR count). The topological polar surface area (TPSA) is 44.8 Å². The van der Waals surface area contributed by atoms with E-state index in [1.165, 1.54) is 0 Å². The summed E-state index contributed by atoms with van der Waals surface area (Å²) in [5.41, 5.74) is 2.82. The molecule has 1 aliphatic heterocycles. The molecule has 1 aliphatic rings. The van der Waals surface area contributed by atoms with Crippen LogP contribution in [0.4, 0.5) is 0 Å². The van der Waals surface area contributed by atoms with Gasteiger partial charge in [-0.05, 0) is 23.3 Å². The zero-order valence-electron chi connectivity index (χ0n) is 16.2. The van der Waals surface area contributed by atoms with Crippen LogP contribution in [0.5, 0.6) is 0 Å². The maximum atomic E-state index is 12.2. The summed E-state index contributed by atoms with van der Waals surface area (Å²) in [6.45, 7) is 0.556. The van der Waals surface area contributed by atoms with Gasteiger partial charge in [0.25, 0.3) is 0 Å². The van der Waals surface area contributed by atoms with E-state index in [1.54, 1.807) is 12.1 Å². The average molecular weight is 388 g/mol. The van der Waals surface area contributed by atoms with Gasteiger partial charge in [0.05, 0.1) is 12.2 Å². The fraction of sp³-hybridized carbons (Fsp3) is 0.240. The summed E-state index contributed by atoms with van der Waals surface area (Å²) in [5, 5.41) is 0. The number of esters is 1. The van der Waals surface area contributed by atoms with E-state index in [2.05, 4.69) is 24.3 Å². The quantitative estimate of drug-likeness (QED) is 0.562. The molecule has 1 atom stereocenters. The van der Waals surface area contributed by atoms with Crippen molar-refractivity contribution in [2.75, 3.05) is 13.2 Å². The van der Waals surface area contributed by atoms with Gasteiger partial charge in [-0.15, -0.1) is 0 Å². The van der Waals surface area contributed by atoms with Crippen molar-refractivity contribution >= 4 is 5.97 Å². The van der Waals surface area contributed by atoms with E-state index in [-0.39, 0.29) is 18.7 Å². The number of ether oxygens (including phenoxy) is 3. The Kier molecular flexibility index (Phi) is 6.03. The lowest BCUT2D eigenvalue weighted by Gasteiger charge is -2.28. The zero-order chi connectivity index (χ0) is 19.9. The van der Waals surface area contributed by atoms with Crippen LogP contribution < -0.4 is 0 Å². The molecule has 29 heavy (non-hydrogen) atoms. The Bertz CT molecular complexity index is 868. The molecular weight excluding hydrogens is 364 g/mol. The Labute approximate surface area is 171 Å². The Morgan fingerprint density at radius 1 is 0.828 bits per heavy atom. The van der Waals surface area contributed by atoms with Crippen LogP contribution in [0.15, 0.2) is 91.0 Å². The van der Waals surface area contributed by atoms with Gasteiger partial charge in [0.15, 0.2) is 5.79 Å². The number of hydrogen-bond acceptors (Lipinski definition) is 4. The molecule has 1 saturated heterocycles. The second-order valence-corrected chi connectivity index (χ2v) is 7.25. The summed E-state index contributed by atoms with van der Waals surface area (Å²) in [5.74, 6) is -1.12. The van der Waals surface area contributed by atoms with Crippen molar-refractivity contribution in [1.29, 1.82) is 0 Å². The maximum absolute atomic E-state index is 12.2. The molecule has 0 aromatic heterocycles. The molecule has 3 aromatic carbocycles. The van der Waals surface area contributed by atoms with Crippen molar-refractivity contribution in [1.82, 2.24) is 0 Å². The molecule has 0 bridgehead atoms. The first kappa shape index (κ1) is 19.4. The lowest BCUT2D eigenvalue weighted by molar-refractivity contribution is -0.169. The van der Waals surface area contributed by atoms with Crippen molar-refractivity contribution in [3.8, 4) is 0 Å². The lowest BCUT2D eigenvalue weighted by atomic mass is 9.98. The van der Waals surface area contributed by atoms with Crippen LogP contribution in [-0.4, -0.2) is 31.1 Å². The van der Waals surface area contributed by atoms with Crippen molar-refractivity contribution in [2.24, 2.45) is 0 Å². The van der Waals surface area contributed by atoms with Crippen LogP contribution in [0, 0.1) is 0 Å². The molecule has 3 aromatic rings.